The fourth-order valence-corrected chi connectivity index (χ4v) is 2.76. The molecule has 0 aromatic carbocycles. The predicted octanol–water partition coefficient (Wildman–Crippen LogP) is 4.25. The summed E-state index contributed by atoms with van der Waals surface area (Å²) in [7, 11) is 0. The number of hydrogen-bond donors (Lipinski definition) is 0. The van der Waals surface area contributed by atoms with Crippen molar-refractivity contribution in [3.8, 4) is 0 Å². The first-order chi connectivity index (χ1) is 11.2. The van der Waals surface area contributed by atoms with Crippen LogP contribution in [0.25, 0.3) is 0 Å². The number of hydrogen-bond acceptors (Lipinski definition) is 4. The molecule has 1 amide bonds. The lowest BCUT2D eigenvalue weighted by Crippen LogP contribution is -2.49. The van der Waals surface area contributed by atoms with E-state index in [1.54, 1.807) is 4.90 Å². The molecule has 5 nitrogen and oxygen atoms in total. The van der Waals surface area contributed by atoms with Crippen LogP contribution in [0.2, 0.25) is 0 Å². The Morgan fingerprint density at radius 3 is 2.25 bits per heavy atom. The van der Waals surface area contributed by atoms with E-state index < -0.39 is 5.60 Å². The second kappa shape index (κ2) is 9.62. The summed E-state index contributed by atoms with van der Waals surface area (Å²) in [5.74, 6) is 0.671. The van der Waals surface area contributed by atoms with Gasteiger partial charge in [-0.3, -0.25) is 0 Å². The first kappa shape index (κ1) is 21.2. The van der Waals surface area contributed by atoms with E-state index >= 15 is 0 Å². The molecule has 24 heavy (non-hydrogen) atoms. The molecule has 0 aromatic rings. The molecule has 1 rings (SSSR count). The molecule has 1 aliphatic rings. The molecule has 1 aliphatic heterocycles. The zero-order chi connectivity index (χ0) is 18.2. The minimum absolute atomic E-state index is 0.125. The average Bonchev–Trinajstić information content (AvgIpc) is 2.49. The normalized spacial score (nSPS) is 18.0. The van der Waals surface area contributed by atoms with Crippen molar-refractivity contribution in [2.75, 3.05) is 32.9 Å². The summed E-state index contributed by atoms with van der Waals surface area (Å²) in [5.41, 5.74) is -0.569. The Labute approximate surface area is 148 Å². The molecule has 5 heteroatoms. The highest BCUT2D eigenvalue weighted by Crippen LogP contribution is 2.30. The quantitative estimate of drug-likeness (QED) is 0.618. The molecule has 0 radical (unpaired) electrons. The average molecular weight is 344 g/mol. The highest BCUT2D eigenvalue weighted by atomic mass is 16.6. The Balaban J connectivity index is 2.31. The number of amides is 1. The van der Waals surface area contributed by atoms with Gasteiger partial charge in [0.2, 0.25) is 0 Å². The van der Waals surface area contributed by atoms with Crippen molar-refractivity contribution in [2.45, 2.75) is 78.4 Å². The molecule has 0 saturated carbocycles. The van der Waals surface area contributed by atoms with Crippen LogP contribution in [0.4, 0.5) is 4.79 Å². The van der Waals surface area contributed by atoms with Crippen molar-refractivity contribution in [1.82, 2.24) is 4.90 Å². The van der Waals surface area contributed by atoms with Gasteiger partial charge in [-0.05, 0) is 52.4 Å². The monoisotopic (exact) mass is 343 g/mol. The van der Waals surface area contributed by atoms with E-state index in [2.05, 4.69) is 20.8 Å². The molecular formula is C19H37NO4. The van der Waals surface area contributed by atoms with Crippen molar-refractivity contribution in [3.63, 3.8) is 0 Å². The highest BCUT2D eigenvalue weighted by Gasteiger charge is 2.36. The number of carbonyl (C=O) groups excluding carboxylic acids is 1. The summed E-state index contributed by atoms with van der Waals surface area (Å²) in [5, 5.41) is 0. The van der Waals surface area contributed by atoms with Crippen LogP contribution in [0.3, 0.4) is 0 Å². The number of rotatable bonds is 8. The summed E-state index contributed by atoms with van der Waals surface area (Å²) >= 11 is 0. The third-order valence-electron chi connectivity index (χ3n) is 4.45. The van der Waals surface area contributed by atoms with E-state index in [0.717, 1.165) is 32.3 Å². The van der Waals surface area contributed by atoms with E-state index in [1.165, 1.54) is 0 Å². The van der Waals surface area contributed by atoms with Crippen molar-refractivity contribution in [3.05, 3.63) is 0 Å². The molecule has 0 spiro atoms. The van der Waals surface area contributed by atoms with Gasteiger partial charge >= 0.3 is 6.09 Å². The lowest BCUT2D eigenvalue weighted by molar-refractivity contribution is -0.101. The van der Waals surface area contributed by atoms with Crippen LogP contribution in [0.1, 0.15) is 67.2 Å². The molecule has 0 bridgehead atoms. The van der Waals surface area contributed by atoms with Crippen molar-refractivity contribution in [1.29, 1.82) is 0 Å². The predicted molar refractivity (Wildman–Crippen MR) is 96.3 cm³/mol. The maximum absolute atomic E-state index is 12.1. The van der Waals surface area contributed by atoms with Gasteiger partial charge in [0.05, 0.1) is 18.8 Å². The van der Waals surface area contributed by atoms with E-state index in [4.69, 9.17) is 14.2 Å². The second-order valence-electron chi connectivity index (χ2n) is 8.15. The van der Waals surface area contributed by atoms with Crippen LogP contribution in [0, 0.1) is 5.92 Å². The lowest BCUT2D eigenvalue weighted by Gasteiger charge is -2.41. The van der Waals surface area contributed by atoms with Crippen molar-refractivity contribution >= 4 is 6.09 Å². The van der Waals surface area contributed by atoms with Gasteiger partial charge in [-0.1, -0.05) is 20.8 Å². The van der Waals surface area contributed by atoms with Crippen LogP contribution in [0.15, 0.2) is 0 Å². The number of nitrogens with zero attached hydrogens (tertiary/aromatic N) is 1. The standard InChI is InChI=1S/C19H37NO4/c1-7-19(23-15-14-22-13-8-16(2)3)9-11-20(12-10-19)17(21)24-18(4,5)6/h16H,7-15H2,1-6H3. The molecule has 0 N–H and O–H groups in total. The summed E-state index contributed by atoms with van der Waals surface area (Å²) in [4.78, 5) is 13.9. The minimum Gasteiger partial charge on any atom is -0.444 e. The first-order valence-corrected chi connectivity index (χ1v) is 9.37. The Morgan fingerprint density at radius 2 is 1.75 bits per heavy atom. The maximum atomic E-state index is 12.1. The molecule has 0 atom stereocenters. The smallest absolute Gasteiger partial charge is 0.410 e. The topological polar surface area (TPSA) is 48.0 Å². The number of likely N-dealkylation sites (tertiary alicyclic amines) is 1. The van der Waals surface area contributed by atoms with Crippen LogP contribution >= 0.6 is 0 Å². The zero-order valence-corrected chi connectivity index (χ0v) is 16.5. The largest absolute Gasteiger partial charge is 0.444 e. The third kappa shape index (κ3) is 7.84. The number of piperidine rings is 1. The summed E-state index contributed by atoms with van der Waals surface area (Å²) in [6.07, 6.45) is 3.54. The van der Waals surface area contributed by atoms with Gasteiger partial charge in [-0.15, -0.1) is 0 Å². The molecule has 1 heterocycles. The van der Waals surface area contributed by atoms with Crippen LogP contribution in [-0.2, 0) is 14.2 Å². The maximum Gasteiger partial charge on any atom is 0.410 e. The van der Waals surface area contributed by atoms with E-state index in [9.17, 15) is 4.79 Å². The summed E-state index contributed by atoms with van der Waals surface area (Å²) in [6, 6.07) is 0. The van der Waals surface area contributed by atoms with E-state index in [0.29, 0.717) is 32.2 Å². The fourth-order valence-electron chi connectivity index (χ4n) is 2.76. The Kier molecular flexibility index (Phi) is 8.51. The molecular weight excluding hydrogens is 306 g/mol. The van der Waals surface area contributed by atoms with Crippen molar-refractivity contribution in [2.24, 2.45) is 5.92 Å². The van der Waals surface area contributed by atoms with Gasteiger partial charge in [0.25, 0.3) is 0 Å². The molecule has 0 aromatic heterocycles. The van der Waals surface area contributed by atoms with Gasteiger partial charge in [-0.2, -0.15) is 0 Å². The SMILES string of the molecule is CCC1(OCCOCCC(C)C)CCN(C(=O)OC(C)(C)C)CC1. The van der Waals surface area contributed by atoms with Crippen molar-refractivity contribution < 1.29 is 19.0 Å². The van der Waals surface area contributed by atoms with Gasteiger partial charge < -0.3 is 19.1 Å². The Morgan fingerprint density at radius 1 is 1.12 bits per heavy atom. The van der Waals surface area contributed by atoms with E-state index in [1.807, 2.05) is 20.8 Å². The van der Waals surface area contributed by atoms with Gasteiger partial charge in [0.15, 0.2) is 0 Å². The van der Waals surface area contributed by atoms with Crippen LogP contribution in [-0.4, -0.2) is 55.1 Å². The zero-order valence-electron chi connectivity index (χ0n) is 16.5. The number of ether oxygens (including phenoxy) is 3. The van der Waals surface area contributed by atoms with Gasteiger partial charge in [-0.25, -0.2) is 4.79 Å². The third-order valence-corrected chi connectivity index (χ3v) is 4.45. The lowest BCUT2D eigenvalue weighted by atomic mass is 9.88. The van der Waals surface area contributed by atoms with Crippen LogP contribution < -0.4 is 0 Å². The van der Waals surface area contributed by atoms with Gasteiger partial charge in [0, 0.05) is 19.7 Å². The summed E-state index contributed by atoms with van der Waals surface area (Å²) in [6.45, 7) is 15.7. The Hall–Kier alpha value is -0.810. The molecule has 1 saturated heterocycles. The van der Waals surface area contributed by atoms with E-state index in [-0.39, 0.29) is 11.7 Å². The Bertz CT molecular complexity index is 368. The second-order valence-corrected chi connectivity index (χ2v) is 8.15. The first-order valence-electron chi connectivity index (χ1n) is 9.37. The fraction of sp³-hybridized carbons (Fsp3) is 0.947. The van der Waals surface area contributed by atoms with Gasteiger partial charge in [0.1, 0.15) is 5.60 Å². The number of carbonyl (C=O) groups is 1. The molecule has 1 fully saturated rings. The molecule has 0 aliphatic carbocycles. The molecule has 0 unspecified atom stereocenters. The molecule has 142 valence electrons. The minimum atomic E-state index is -0.444. The van der Waals surface area contributed by atoms with Crippen LogP contribution in [0.5, 0.6) is 0 Å². The highest BCUT2D eigenvalue weighted by molar-refractivity contribution is 5.68. The summed E-state index contributed by atoms with van der Waals surface area (Å²) < 4.78 is 17.2.